The van der Waals surface area contributed by atoms with Crippen molar-refractivity contribution in [2.75, 3.05) is 6.54 Å². The van der Waals surface area contributed by atoms with Crippen LogP contribution < -0.4 is 5.32 Å². The number of carbonyl (C=O) groups excluding carboxylic acids is 2. The quantitative estimate of drug-likeness (QED) is 0.873. The van der Waals surface area contributed by atoms with E-state index in [0.29, 0.717) is 16.8 Å². The summed E-state index contributed by atoms with van der Waals surface area (Å²) in [5.74, 6) is -3.47. The van der Waals surface area contributed by atoms with Crippen molar-refractivity contribution in [2.45, 2.75) is 37.4 Å². The molecule has 7 nitrogen and oxygen atoms in total. The van der Waals surface area contributed by atoms with Crippen molar-refractivity contribution in [1.29, 1.82) is 5.26 Å². The molecule has 0 unspecified atom stereocenters. The number of hydrogen-bond donors (Lipinski definition) is 1. The van der Waals surface area contributed by atoms with Gasteiger partial charge in [0.25, 0.3) is 11.8 Å². The fourth-order valence-electron chi connectivity index (χ4n) is 3.61. The average molecular weight is 385 g/mol. The minimum Gasteiger partial charge on any atom is -0.351 e. The Kier molecular flexibility index (Phi) is 4.34. The smallest absolute Gasteiger partial charge is 0.254 e. The molecule has 1 aromatic heterocycles. The van der Waals surface area contributed by atoms with Gasteiger partial charge in [0.2, 0.25) is 5.91 Å². The highest BCUT2D eigenvalue weighted by Gasteiger charge is 2.47. The molecule has 4 rings (SSSR count). The number of halogens is 2. The van der Waals surface area contributed by atoms with Crippen LogP contribution in [0.1, 0.15) is 40.5 Å². The van der Waals surface area contributed by atoms with Gasteiger partial charge in [-0.1, -0.05) is 6.07 Å². The standard InChI is InChI=1S/C19H17F2N5O2/c20-19(21)7-14(8-19)24-17(27)16-11-25(10-15-4-5-23-26(15)16)18(28)13-3-1-2-12(6-13)9-22/h1-6,14,16H,7-8,10-11H2,(H,24,27)/t16-/m0/s1. The number of aromatic nitrogens is 2. The molecule has 1 N–H and O–H groups in total. The Labute approximate surface area is 159 Å². The fourth-order valence-corrected chi connectivity index (χ4v) is 3.61. The molecule has 0 saturated heterocycles. The number of benzene rings is 1. The second-order valence-electron chi connectivity index (χ2n) is 7.13. The van der Waals surface area contributed by atoms with E-state index in [9.17, 15) is 18.4 Å². The lowest BCUT2D eigenvalue weighted by Gasteiger charge is -2.38. The molecule has 2 aromatic rings. The van der Waals surface area contributed by atoms with E-state index in [1.165, 1.54) is 21.8 Å². The molecule has 0 radical (unpaired) electrons. The molecule has 1 aromatic carbocycles. The summed E-state index contributed by atoms with van der Waals surface area (Å²) in [5.41, 5.74) is 1.40. The molecule has 2 heterocycles. The number of fused-ring (bicyclic) bond motifs is 1. The molecule has 28 heavy (non-hydrogen) atoms. The van der Waals surface area contributed by atoms with Crippen molar-refractivity contribution >= 4 is 11.8 Å². The lowest BCUT2D eigenvalue weighted by atomic mass is 9.88. The van der Waals surface area contributed by atoms with E-state index < -0.39 is 23.9 Å². The predicted molar refractivity (Wildman–Crippen MR) is 93.3 cm³/mol. The Morgan fingerprint density at radius 2 is 2.07 bits per heavy atom. The van der Waals surface area contributed by atoms with E-state index in [2.05, 4.69) is 10.4 Å². The molecule has 144 valence electrons. The van der Waals surface area contributed by atoms with Crippen LogP contribution in [-0.2, 0) is 11.3 Å². The molecule has 0 spiro atoms. The largest absolute Gasteiger partial charge is 0.351 e. The second-order valence-corrected chi connectivity index (χ2v) is 7.13. The van der Waals surface area contributed by atoms with Crippen LogP contribution >= 0.6 is 0 Å². The predicted octanol–water partition coefficient (Wildman–Crippen LogP) is 1.87. The first-order valence-corrected chi connectivity index (χ1v) is 8.86. The van der Waals surface area contributed by atoms with Gasteiger partial charge in [0.05, 0.1) is 30.4 Å². The van der Waals surface area contributed by atoms with Crippen molar-refractivity contribution in [3.63, 3.8) is 0 Å². The van der Waals surface area contributed by atoms with Gasteiger partial charge in [-0.3, -0.25) is 14.3 Å². The van der Waals surface area contributed by atoms with Crippen LogP contribution in [-0.4, -0.2) is 45.0 Å². The number of nitrogens with zero attached hydrogens (tertiary/aromatic N) is 4. The molecular formula is C19H17F2N5O2. The summed E-state index contributed by atoms with van der Waals surface area (Å²) < 4.78 is 27.6. The normalized spacial score (nSPS) is 20.6. The fraction of sp³-hybridized carbons (Fsp3) is 0.368. The first-order valence-electron chi connectivity index (χ1n) is 8.86. The first kappa shape index (κ1) is 18.1. The minimum atomic E-state index is -2.73. The SMILES string of the molecule is N#Cc1cccc(C(=O)N2Cc3ccnn3[C@H](C(=O)NC3CC(F)(F)C3)C2)c1. The van der Waals surface area contributed by atoms with Gasteiger partial charge in [-0.25, -0.2) is 8.78 Å². The topological polar surface area (TPSA) is 91.0 Å². The Bertz CT molecular complexity index is 973. The number of nitriles is 1. The monoisotopic (exact) mass is 385 g/mol. The maximum atomic E-state index is 13.0. The van der Waals surface area contributed by atoms with E-state index in [0.717, 1.165) is 0 Å². The highest BCUT2D eigenvalue weighted by atomic mass is 19.3. The Balaban J connectivity index is 1.53. The van der Waals surface area contributed by atoms with E-state index in [1.54, 1.807) is 24.3 Å². The third kappa shape index (κ3) is 3.33. The molecule has 2 amide bonds. The van der Waals surface area contributed by atoms with E-state index in [1.807, 2.05) is 6.07 Å². The summed E-state index contributed by atoms with van der Waals surface area (Å²) in [6.45, 7) is 0.333. The van der Waals surface area contributed by atoms with Crippen LogP contribution in [0.3, 0.4) is 0 Å². The van der Waals surface area contributed by atoms with Gasteiger partial charge in [-0.05, 0) is 24.3 Å². The molecule has 1 saturated carbocycles. The van der Waals surface area contributed by atoms with Crippen LogP contribution in [0.5, 0.6) is 0 Å². The van der Waals surface area contributed by atoms with Gasteiger partial charge in [0, 0.05) is 30.6 Å². The van der Waals surface area contributed by atoms with Crippen LogP contribution in [0, 0.1) is 11.3 Å². The zero-order chi connectivity index (χ0) is 19.9. The molecule has 1 atom stereocenters. The Morgan fingerprint density at radius 1 is 1.29 bits per heavy atom. The number of amides is 2. The highest BCUT2D eigenvalue weighted by molar-refractivity contribution is 5.95. The van der Waals surface area contributed by atoms with Gasteiger partial charge >= 0.3 is 0 Å². The number of carbonyl (C=O) groups is 2. The highest BCUT2D eigenvalue weighted by Crippen LogP contribution is 2.37. The number of rotatable bonds is 3. The first-order chi connectivity index (χ1) is 13.4. The number of hydrogen-bond acceptors (Lipinski definition) is 4. The van der Waals surface area contributed by atoms with Crippen molar-refractivity contribution in [3.05, 3.63) is 53.3 Å². The third-order valence-electron chi connectivity index (χ3n) is 5.06. The maximum absolute atomic E-state index is 13.0. The second kappa shape index (κ2) is 6.71. The third-order valence-corrected chi connectivity index (χ3v) is 5.06. The molecule has 1 aliphatic carbocycles. The minimum absolute atomic E-state index is 0.0687. The van der Waals surface area contributed by atoms with Gasteiger partial charge in [0.15, 0.2) is 0 Å². The maximum Gasteiger partial charge on any atom is 0.254 e. The summed E-state index contributed by atoms with van der Waals surface area (Å²) in [6.07, 6.45) is 0.791. The lowest BCUT2D eigenvalue weighted by Crippen LogP contribution is -2.54. The Morgan fingerprint density at radius 3 is 2.79 bits per heavy atom. The molecule has 9 heteroatoms. The van der Waals surface area contributed by atoms with E-state index >= 15 is 0 Å². The lowest BCUT2D eigenvalue weighted by molar-refractivity contribution is -0.133. The van der Waals surface area contributed by atoms with Gasteiger partial charge < -0.3 is 10.2 Å². The van der Waals surface area contributed by atoms with Crippen molar-refractivity contribution in [2.24, 2.45) is 0 Å². The molecule has 1 fully saturated rings. The van der Waals surface area contributed by atoms with Crippen molar-refractivity contribution < 1.29 is 18.4 Å². The van der Waals surface area contributed by atoms with Crippen LogP contribution in [0.2, 0.25) is 0 Å². The van der Waals surface area contributed by atoms with Crippen LogP contribution in [0.15, 0.2) is 36.5 Å². The van der Waals surface area contributed by atoms with Gasteiger partial charge in [0.1, 0.15) is 6.04 Å². The summed E-state index contributed by atoms with van der Waals surface area (Å²) in [7, 11) is 0. The zero-order valence-corrected chi connectivity index (χ0v) is 14.8. The van der Waals surface area contributed by atoms with E-state index in [4.69, 9.17) is 5.26 Å². The Hall–Kier alpha value is -3.28. The van der Waals surface area contributed by atoms with Crippen LogP contribution in [0.25, 0.3) is 0 Å². The van der Waals surface area contributed by atoms with Gasteiger partial charge in [-0.2, -0.15) is 10.4 Å². The number of alkyl halides is 2. The summed E-state index contributed by atoms with van der Waals surface area (Å²) in [5, 5.41) is 15.8. The van der Waals surface area contributed by atoms with Crippen molar-refractivity contribution in [1.82, 2.24) is 20.0 Å². The van der Waals surface area contributed by atoms with Crippen LogP contribution in [0.4, 0.5) is 8.78 Å². The summed E-state index contributed by atoms with van der Waals surface area (Å²) in [4.78, 5) is 27.1. The van der Waals surface area contributed by atoms with Crippen molar-refractivity contribution in [3.8, 4) is 6.07 Å². The summed E-state index contributed by atoms with van der Waals surface area (Å²) in [6, 6.07) is 8.68. The zero-order valence-electron chi connectivity index (χ0n) is 14.8. The molecular weight excluding hydrogens is 368 g/mol. The van der Waals surface area contributed by atoms with Gasteiger partial charge in [-0.15, -0.1) is 0 Å². The van der Waals surface area contributed by atoms with E-state index in [-0.39, 0.29) is 31.8 Å². The summed E-state index contributed by atoms with van der Waals surface area (Å²) >= 11 is 0. The molecule has 1 aliphatic heterocycles. The molecule has 2 aliphatic rings. The number of nitrogens with one attached hydrogen (secondary N) is 1. The average Bonchev–Trinajstić information content (AvgIpc) is 3.13. The molecule has 0 bridgehead atoms.